The van der Waals surface area contributed by atoms with Gasteiger partial charge >= 0.3 is 0 Å². The molecule has 2 fully saturated rings. The number of rotatable bonds is 5. The second kappa shape index (κ2) is 8.17. The summed E-state index contributed by atoms with van der Waals surface area (Å²) in [7, 11) is 0. The van der Waals surface area contributed by atoms with Crippen molar-refractivity contribution in [2.24, 2.45) is 0 Å². The molecule has 27 heavy (non-hydrogen) atoms. The molecule has 1 atom stereocenters. The van der Waals surface area contributed by atoms with E-state index in [9.17, 15) is 9.59 Å². The number of amides is 2. The van der Waals surface area contributed by atoms with Gasteiger partial charge in [-0.3, -0.25) is 9.59 Å². The molecule has 2 aliphatic rings. The molecule has 1 saturated carbocycles. The van der Waals surface area contributed by atoms with E-state index in [-0.39, 0.29) is 17.2 Å². The summed E-state index contributed by atoms with van der Waals surface area (Å²) in [5, 5.41) is 3.13. The second-order valence-corrected chi connectivity index (χ2v) is 8.32. The van der Waals surface area contributed by atoms with E-state index in [1.54, 1.807) is 11.8 Å². The summed E-state index contributed by atoms with van der Waals surface area (Å²) in [6.45, 7) is 0.612. The molecule has 1 aliphatic heterocycles. The Morgan fingerprint density at radius 3 is 2.44 bits per heavy atom. The first-order chi connectivity index (χ1) is 13.2. The fourth-order valence-electron chi connectivity index (χ4n) is 3.82. The van der Waals surface area contributed by atoms with Crippen LogP contribution in [0.15, 0.2) is 54.6 Å². The van der Waals surface area contributed by atoms with Crippen LogP contribution in [0.2, 0.25) is 0 Å². The third kappa shape index (κ3) is 4.19. The largest absolute Gasteiger partial charge is 0.349 e. The minimum absolute atomic E-state index is 0.00431. The van der Waals surface area contributed by atoms with Gasteiger partial charge in [0.05, 0.1) is 5.75 Å². The van der Waals surface area contributed by atoms with Crippen molar-refractivity contribution < 1.29 is 9.59 Å². The maximum Gasteiger partial charge on any atom is 0.251 e. The standard InChI is InChI=1S/C22H24N2O2S/c25-20-15-27-22(24(20)14-16-6-2-1-3-7-16)18-12-10-17(11-13-18)21(26)23-19-8-4-5-9-19/h1-3,6-7,10-13,19,22H,4-5,8-9,14-15H2,(H,23,26). The van der Waals surface area contributed by atoms with Crippen LogP contribution in [0.3, 0.4) is 0 Å². The second-order valence-electron chi connectivity index (χ2n) is 7.25. The fourth-order valence-corrected chi connectivity index (χ4v) is 5.01. The van der Waals surface area contributed by atoms with Crippen molar-refractivity contribution in [3.8, 4) is 0 Å². The van der Waals surface area contributed by atoms with Crippen molar-refractivity contribution in [2.45, 2.75) is 43.6 Å². The molecule has 1 saturated heterocycles. The van der Waals surface area contributed by atoms with Crippen LogP contribution in [-0.4, -0.2) is 28.5 Å². The van der Waals surface area contributed by atoms with E-state index in [0.717, 1.165) is 24.0 Å². The summed E-state index contributed by atoms with van der Waals surface area (Å²) < 4.78 is 0. The molecule has 1 aliphatic carbocycles. The van der Waals surface area contributed by atoms with Crippen LogP contribution in [0.25, 0.3) is 0 Å². The normalized spacial score (nSPS) is 20.2. The van der Waals surface area contributed by atoms with Gasteiger partial charge in [0.15, 0.2) is 0 Å². The summed E-state index contributed by atoms with van der Waals surface area (Å²) in [5.41, 5.74) is 2.89. The molecular formula is C22H24N2O2S. The third-order valence-corrected chi connectivity index (χ3v) is 6.57. The summed E-state index contributed by atoms with van der Waals surface area (Å²) in [5.74, 6) is 0.670. The van der Waals surface area contributed by atoms with Gasteiger partial charge < -0.3 is 10.2 Å². The lowest BCUT2D eigenvalue weighted by Gasteiger charge is -2.24. The molecule has 0 bridgehead atoms. The van der Waals surface area contributed by atoms with Crippen molar-refractivity contribution >= 4 is 23.6 Å². The van der Waals surface area contributed by atoms with Crippen LogP contribution in [0.4, 0.5) is 0 Å². The van der Waals surface area contributed by atoms with Gasteiger partial charge in [-0.05, 0) is 36.1 Å². The van der Waals surface area contributed by atoms with Crippen LogP contribution in [0.5, 0.6) is 0 Å². The zero-order valence-corrected chi connectivity index (χ0v) is 16.1. The Bertz CT molecular complexity index is 801. The maximum atomic E-state index is 12.4. The molecule has 2 aromatic rings. The lowest BCUT2D eigenvalue weighted by Crippen LogP contribution is -2.32. The predicted molar refractivity (Wildman–Crippen MR) is 108 cm³/mol. The number of hydrogen-bond acceptors (Lipinski definition) is 3. The number of benzene rings is 2. The monoisotopic (exact) mass is 380 g/mol. The predicted octanol–water partition coefficient (Wildman–Crippen LogP) is 4.13. The molecule has 4 nitrogen and oxygen atoms in total. The van der Waals surface area contributed by atoms with E-state index in [0.29, 0.717) is 23.9 Å². The van der Waals surface area contributed by atoms with Crippen molar-refractivity contribution in [3.63, 3.8) is 0 Å². The van der Waals surface area contributed by atoms with Gasteiger partial charge in [0.2, 0.25) is 5.91 Å². The molecule has 4 rings (SSSR count). The Hall–Kier alpha value is -2.27. The molecule has 0 radical (unpaired) electrons. The van der Waals surface area contributed by atoms with Gasteiger partial charge in [-0.15, -0.1) is 11.8 Å². The maximum absolute atomic E-state index is 12.4. The summed E-state index contributed by atoms with van der Waals surface area (Å²) in [6, 6.07) is 18.1. The molecular weight excluding hydrogens is 356 g/mol. The summed E-state index contributed by atoms with van der Waals surface area (Å²) in [4.78, 5) is 26.7. The number of nitrogens with one attached hydrogen (secondary N) is 1. The Balaban J connectivity index is 1.45. The van der Waals surface area contributed by atoms with Gasteiger partial charge in [0.25, 0.3) is 5.91 Å². The van der Waals surface area contributed by atoms with E-state index in [1.165, 1.54) is 12.8 Å². The van der Waals surface area contributed by atoms with E-state index in [1.807, 2.05) is 59.5 Å². The third-order valence-electron chi connectivity index (χ3n) is 5.31. The smallest absolute Gasteiger partial charge is 0.251 e. The highest BCUT2D eigenvalue weighted by atomic mass is 32.2. The van der Waals surface area contributed by atoms with Crippen molar-refractivity contribution in [3.05, 3.63) is 71.3 Å². The van der Waals surface area contributed by atoms with Crippen LogP contribution >= 0.6 is 11.8 Å². The zero-order chi connectivity index (χ0) is 18.6. The molecule has 1 unspecified atom stereocenters. The van der Waals surface area contributed by atoms with E-state index >= 15 is 0 Å². The Morgan fingerprint density at radius 2 is 1.74 bits per heavy atom. The highest BCUT2D eigenvalue weighted by Gasteiger charge is 2.32. The zero-order valence-electron chi connectivity index (χ0n) is 15.3. The van der Waals surface area contributed by atoms with Gasteiger partial charge in [-0.25, -0.2) is 0 Å². The Labute approximate surface area is 164 Å². The van der Waals surface area contributed by atoms with Crippen LogP contribution in [-0.2, 0) is 11.3 Å². The number of hydrogen-bond donors (Lipinski definition) is 1. The number of carbonyl (C=O) groups is 2. The molecule has 1 N–H and O–H groups in total. The quantitative estimate of drug-likeness (QED) is 0.848. The highest BCUT2D eigenvalue weighted by molar-refractivity contribution is 8.00. The summed E-state index contributed by atoms with van der Waals surface area (Å²) in [6.07, 6.45) is 4.57. The Morgan fingerprint density at radius 1 is 1.04 bits per heavy atom. The molecule has 140 valence electrons. The molecule has 1 heterocycles. The van der Waals surface area contributed by atoms with Crippen LogP contribution < -0.4 is 5.32 Å². The molecule has 0 spiro atoms. The van der Waals surface area contributed by atoms with E-state index in [4.69, 9.17) is 0 Å². The minimum Gasteiger partial charge on any atom is -0.349 e. The minimum atomic E-state index is 0.00431. The van der Waals surface area contributed by atoms with Crippen LogP contribution in [0.1, 0.15) is 52.5 Å². The van der Waals surface area contributed by atoms with Gasteiger partial charge in [0.1, 0.15) is 5.37 Å². The lowest BCUT2D eigenvalue weighted by atomic mass is 10.1. The molecule has 2 amide bonds. The van der Waals surface area contributed by atoms with E-state index in [2.05, 4.69) is 5.32 Å². The van der Waals surface area contributed by atoms with Gasteiger partial charge in [0, 0.05) is 18.2 Å². The average Bonchev–Trinajstić information content (AvgIpc) is 3.33. The number of nitrogens with zero attached hydrogens (tertiary/aromatic N) is 1. The first-order valence-electron chi connectivity index (χ1n) is 9.56. The number of thioether (sulfide) groups is 1. The molecule has 2 aromatic carbocycles. The fraction of sp³-hybridized carbons (Fsp3) is 0.364. The SMILES string of the molecule is O=C(NC1CCCC1)c1ccc(C2SCC(=O)N2Cc2ccccc2)cc1. The molecule has 0 aromatic heterocycles. The van der Waals surface area contributed by atoms with Gasteiger partial charge in [-0.1, -0.05) is 55.3 Å². The van der Waals surface area contributed by atoms with Gasteiger partial charge in [-0.2, -0.15) is 0 Å². The lowest BCUT2D eigenvalue weighted by molar-refractivity contribution is -0.128. The first-order valence-corrected chi connectivity index (χ1v) is 10.6. The number of carbonyl (C=O) groups excluding carboxylic acids is 2. The van der Waals surface area contributed by atoms with Crippen molar-refractivity contribution in [1.29, 1.82) is 0 Å². The molecule has 5 heteroatoms. The highest BCUT2D eigenvalue weighted by Crippen LogP contribution is 2.39. The Kier molecular flexibility index (Phi) is 5.48. The average molecular weight is 381 g/mol. The first kappa shape index (κ1) is 18.1. The van der Waals surface area contributed by atoms with E-state index < -0.39 is 0 Å². The van der Waals surface area contributed by atoms with Crippen LogP contribution in [0, 0.1) is 0 Å². The topological polar surface area (TPSA) is 49.4 Å². The van der Waals surface area contributed by atoms with Crippen molar-refractivity contribution in [2.75, 3.05) is 5.75 Å². The summed E-state index contributed by atoms with van der Waals surface area (Å²) >= 11 is 1.65. The van der Waals surface area contributed by atoms with Crippen molar-refractivity contribution in [1.82, 2.24) is 10.2 Å².